The van der Waals surface area contributed by atoms with Gasteiger partial charge in [0.25, 0.3) is 5.88 Å². The van der Waals surface area contributed by atoms with E-state index in [1.165, 1.54) is 0 Å². The summed E-state index contributed by atoms with van der Waals surface area (Å²) in [6.45, 7) is 1.63. The van der Waals surface area contributed by atoms with Gasteiger partial charge in [0.15, 0.2) is 0 Å². The monoisotopic (exact) mass is 353 g/mol. The maximum atomic E-state index is 13.8. The molecule has 2 N–H and O–H groups in total. The van der Waals surface area contributed by atoms with E-state index in [4.69, 9.17) is 9.84 Å². The number of carbonyl (C=O) groups is 1. The van der Waals surface area contributed by atoms with Gasteiger partial charge in [-0.3, -0.25) is 0 Å². The molecule has 3 aromatic rings. The van der Waals surface area contributed by atoms with E-state index >= 15 is 0 Å². The topological polar surface area (TPSA) is 88.1 Å². The summed E-state index contributed by atoms with van der Waals surface area (Å²) in [6, 6.07) is 15.0. The molecule has 26 heavy (non-hydrogen) atoms. The molecule has 0 spiro atoms. The number of H-pyrrole nitrogens is 1. The third kappa shape index (κ3) is 3.03. The van der Waals surface area contributed by atoms with E-state index in [0.29, 0.717) is 12.2 Å². The third-order valence-electron chi connectivity index (χ3n) is 4.62. The van der Waals surface area contributed by atoms with Gasteiger partial charge in [0.2, 0.25) is 5.69 Å². The standard InChI is InChI=1S/C19H16FN3O3/c1-19(20)10-15(19)13-4-2-11(3-5-13)12-6-8-14(9-7-12)26-17-16(18(24)25)21-23-22-17/h2-9,15H,10H2,1H3,(H,24,25)(H,21,22,23). The minimum absolute atomic E-state index is 0.00165. The van der Waals surface area contributed by atoms with Crippen LogP contribution in [0.5, 0.6) is 11.6 Å². The lowest BCUT2D eigenvalue weighted by Gasteiger charge is -2.07. The van der Waals surface area contributed by atoms with Crippen molar-refractivity contribution in [3.8, 4) is 22.8 Å². The summed E-state index contributed by atoms with van der Waals surface area (Å²) >= 11 is 0. The molecule has 7 heteroatoms. The second kappa shape index (κ2) is 5.94. The van der Waals surface area contributed by atoms with Gasteiger partial charge in [-0.25, -0.2) is 14.3 Å². The molecule has 2 aromatic carbocycles. The number of alkyl halides is 1. The zero-order valence-corrected chi connectivity index (χ0v) is 13.9. The van der Waals surface area contributed by atoms with Crippen molar-refractivity contribution in [1.82, 2.24) is 15.4 Å². The summed E-state index contributed by atoms with van der Waals surface area (Å²) in [6.07, 6.45) is 0.582. The molecule has 0 aliphatic heterocycles. The van der Waals surface area contributed by atoms with E-state index in [1.54, 1.807) is 19.1 Å². The Labute approximate surface area is 148 Å². The van der Waals surface area contributed by atoms with Crippen LogP contribution in [0, 0.1) is 0 Å². The van der Waals surface area contributed by atoms with Crippen molar-refractivity contribution >= 4 is 5.97 Å². The number of hydrogen-bond donors (Lipinski definition) is 2. The Kier molecular flexibility index (Phi) is 3.72. The molecule has 2 atom stereocenters. The van der Waals surface area contributed by atoms with E-state index in [2.05, 4.69) is 15.4 Å². The number of halogens is 1. The summed E-state index contributed by atoms with van der Waals surface area (Å²) in [7, 11) is 0. The highest BCUT2D eigenvalue weighted by Crippen LogP contribution is 2.54. The average molecular weight is 353 g/mol. The van der Waals surface area contributed by atoms with E-state index in [9.17, 15) is 9.18 Å². The van der Waals surface area contributed by atoms with Crippen LogP contribution in [0.4, 0.5) is 4.39 Å². The second-order valence-electron chi connectivity index (χ2n) is 6.58. The number of ether oxygens (including phenoxy) is 1. The van der Waals surface area contributed by atoms with Crippen LogP contribution in [0.1, 0.15) is 35.3 Å². The first kappa shape index (κ1) is 16.3. The quantitative estimate of drug-likeness (QED) is 0.718. The molecule has 0 bridgehead atoms. The lowest BCUT2D eigenvalue weighted by molar-refractivity contribution is 0.0687. The van der Waals surface area contributed by atoms with Crippen LogP contribution in [0.15, 0.2) is 48.5 Å². The lowest BCUT2D eigenvalue weighted by atomic mass is 10.0. The number of rotatable bonds is 5. The van der Waals surface area contributed by atoms with Crippen LogP contribution >= 0.6 is 0 Å². The van der Waals surface area contributed by atoms with Crippen LogP contribution < -0.4 is 4.74 Å². The summed E-state index contributed by atoms with van der Waals surface area (Å²) < 4.78 is 19.2. The Bertz CT molecular complexity index is 949. The third-order valence-corrected chi connectivity index (χ3v) is 4.62. The van der Waals surface area contributed by atoms with Crippen LogP contribution in [0.2, 0.25) is 0 Å². The zero-order chi connectivity index (χ0) is 18.3. The van der Waals surface area contributed by atoms with Gasteiger partial charge in [-0.05, 0) is 42.2 Å². The van der Waals surface area contributed by atoms with Crippen molar-refractivity contribution in [2.24, 2.45) is 0 Å². The smallest absolute Gasteiger partial charge is 0.359 e. The number of carboxylic acid groups (broad SMARTS) is 1. The summed E-state index contributed by atoms with van der Waals surface area (Å²) in [4.78, 5) is 11.0. The first-order chi connectivity index (χ1) is 12.4. The predicted molar refractivity (Wildman–Crippen MR) is 92.2 cm³/mol. The average Bonchev–Trinajstić information content (AvgIpc) is 3.03. The summed E-state index contributed by atoms with van der Waals surface area (Å²) in [5.74, 6) is -0.832. The molecule has 0 radical (unpaired) electrons. The molecule has 1 fully saturated rings. The van der Waals surface area contributed by atoms with Crippen LogP contribution in [-0.4, -0.2) is 32.2 Å². The molecule has 1 heterocycles. The Balaban J connectivity index is 1.49. The Hall–Kier alpha value is -3.22. The van der Waals surface area contributed by atoms with Gasteiger partial charge in [-0.15, -0.1) is 0 Å². The molecule has 0 amide bonds. The highest BCUT2D eigenvalue weighted by molar-refractivity contribution is 5.87. The Morgan fingerprint density at radius 3 is 2.31 bits per heavy atom. The summed E-state index contributed by atoms with van der Waals surface area (Å²) in [5.41, 5.74) is 1.72. The van der Waals surface area contributed by atoms with Gasteiger partial charge in [-0.2, -0.15) is 0 Å². The molecule has 1 aliphatic rings. The number of nitrogens with one attached hydrogen (secondary N) is 1. The van der Waals surface area contributed by atoms with Crippen molar-refractivity contribution in [2.75, 3.05) is 0 Å². The van der Waals surface area contributed by atoms with Gasteiger partial charge in [0.1, 0.15) is 11.4 Å². The predicted octanol–water partition coefficient (Wildman–Crippen LogP) is 4.18. The highest BCUT2D eigenvalue weighted by Gasteiger charge is 2.51. The van der Waals surface area contributed by atoms with Crippen molar-refractivity contribution in [1.29, 1.82) is 0 Å². The molecule has 1 aliphatic carbocycles. The number of carboxylic acids is 1. The number of aromatic nitrogens is 3. The molecule has 4 rings (SSSR count). The van der Waals surface area contributed by atoms with Crippen molar-refractivity contribution in [3.05, 3.63) is 59.8 Å². The number of aromatic carboxylic acids is 1. The fourth-order valence-corrected chi connectivity index (χ4v) is 2.97. The van der Waals surface area contributed by atoms with Crippen LogP contribution in [0.3, 0.4) is 0 Å². The first-order valence-electron chi connectivity index (χ1n) is 8.15. The van der Waals surface area contributed by atoms with Crippen molar-refractivity contribution in [2.45, 2.75) is 24.9 Å². The lowest BCUT2D eigenvalue weighted by Crippen LogP contribution is -1.99. The van der Waals surface area contributed by atoms with Gasteiger partial charge in [0, 0.05) is 5.92 Å². The van der Waals surface area contributed by atoms with E-state index in [0.717, 1.165) is 16.7 Å². The number of aromatic amines is 1. The van der Waals surface area contributed by atoms with E-state index in [1.807, 2.05) is 36.4 Å². The molecular formula is C19H16FN3O3. The largest absolute Gasteiger partial charge is 0.476 e. The fraction of sp³-hybridized carbons (Fsp3) is 0.211. The highest BCUT2D eigenvalue weighted by atomic mass is 19.1. The Morgan fingerprint density at radius 1 is 1.19 bits per heavy atom. The van der Waals surface area contributed by atoms with Gasteiger partial charge >= 0.3 is 5.97 Å². The number of benzene rings is 2. The van der Waals surface area contributed by atoms with E-state index < -0.39 is 11.6 Å². The second-order valence-corrected chi connectivity index (χ2v) is 6.58. The Morgan fingerprint density at radius 2 is 1.77 bits per heavy atom. The minimum Gasteiger partial charge on any atom is -0.476 e. The minimum atomic E-state index is -1.19. The van der Waals surface area contributed by atoms with Gasteiger partial charge in [0.05, 0.1) is 0 Å². The van der Waals surface area contributed by atoms with Crippen molar-refractivity contribution in [3.63, 3.8) is 0 Å². The van der Waals surface area contributed by atoms with Crippen molar-refractivity contribution < 1.29 is 19.0 Å². The van der Waals surface area contributed by atoms with Crippen LogP contribution in [-0.2, 0) is 0 Å². The molecule has 0 saturated heterocycles. The summed E-state index contributed by atoms with van der Waals surface area (Å²) in [5, 5.41) is 18.3. The molecule has 1 aromatic heterocycles. The molecule has 1 saturated carbocycles. The molecule has 2 unspecified atom stereocenters. The van der Waals surface area contributed by atoms with Gasteiger partial charge in [-0.1, -0.05) is 46.7 Å². The van der Waals surface area contributed by atoms with Gasteiger partial charge < -0.3 is 9.84 Å². The SMILES string of the molecule is CC1(F)CC1c1ccc(-c2ccc(Oc3nn[nH]c3C(=O)O)cc2)cc1. The molecule has 132 valence electrons. The number of hydrogen-bond acceptors (Lipinski definition) is 4. The van der Waals surface area contributed by atoms with Crippen LogP contribution in [0.25, 0.3) is 11.1 Å². The number of nitrogens with zero attached hydrogens (tertiary/aromatic N) is 2. The van der Waals surface area contributed by atoms with E-state index in [-0.39, 0.29) is 17.5 Å². The maximum Gasteiger partial charge on any atom is 0.359 e. The first-order valence-corrected chi connectivity index (χ1v) is 8.15. The zero-order valence-electron chi connectivity index (χ0n) is 13.9. The maximum absolute atomic E-state index is 13.8. The normalized spacial score (nSPS) is 21.4. The molecular weight excluding hydrogens is 337 g/mol. The molecule has 6 nitrogen and oxygen atoms in total. The fourth-order valence-electron chi connectivity index (χ4n) is 2.97.